The van der Waals surface area contributed by atoms with Crippen molar-refractivity contribution >= 4 is 11.6 Å². The number of anilines is 1. The van der Waals surface area contributed by atoms with Crippen LogP contribution in [-0.2, 0) is 6.42 Å². The first-order valence-electron chi connectivity index (χ1n) is 9.43. The van der Waals surface area contributed by atoms with Gasteiger partial charge in [0, 0.05) is 24.4 Å². The molecular weight excluding hydrogens is 357 g/mol. The van der Waals surface area contributed by atoms with E-state index in [1.165, 1.54) is 12.1 Å². The number of fused-ring (bicyclic) bond motifs is 1. The molecule has 0 saturated carbocycles. The van der Waals surface area contributed by atoms with Gasteiger partial charge in [-0.25, -0.2) is 19.0 Å². The van der Waals surface area contributed by atoms with Crippen LogP contribution in [0.15, 0.2) is 30.3 Å². The number of aryl methyl sites for hydroxylation is 2. The van der Waals surface area contributed by atoms with Gasteiger partial charge in [-0.2, -0.15) is 0 Å². The van der Waals surface area contributed by atoms with Gasteiger partial charge in [-0.3, -0.25) is 4.79 Å². The Morgan fingerprint density at radius 1 is 1.14 bits per heavy atom. The van der Waals surface area contributed by atoms with Crippen LogP contribution in [-0.4, -0.2) is 32.1 Å². The predicted molar refractivity (Wildman–Crippen MR) is 105 cm³/mol. The third-order valence-electron chi connectivity index (χ3n) is 4.98. The minimum atomic E-state index is -0.283. The number of benzene rings is 1. The Bertz CT molecular complexity index is 1020. The number of nitrogens with one attached hydrogen (secondary N) is 1. The van der Waals surface area contributed by atoms with Gasteiger partial charge in [0.05, 0.1) is 11.3 Å². The van der Waals surface area contributed by atoms with Crippen molar-refractivity contribution in [2.45, 2.75) is 39.5 Å². The maximum Gasteiger partial charge on any atom is 0.251 e. The molecule has 0 spiro atoms. The summed E-state index contributed by atoms with van der Waals surface area (Å²) in [7, 11) is 0. The number of hydrogen-bond donors (Lipinski definition) is 1. The van der Waals surface area contributed by atoms with Crippen LogP contribution in [0.2, 0.25) is 0 Å². The molecule has 1 aromatic carbocycles. The number of halogens is 1. The lowest BCUT2D eigenvalue weighted by molar-refractivity contribution is 0.0964. The molecular formula is C21H22FN5O. The van der Waals surface area contributed by atoms with E-state index >= 15 is 0 Å². The highest BCUT2D eigenvalue weighted by molar-refractivity contribution is 6.03. The van der Waals surface area contributed by atoms with Crippen molar-refractivity contribution < 1.29 is 9.18 Å². The van der Waals surface area contributed by atoms with Gasteiger partial charge in [-0.1, -0.05) is 12.1 Å². The zero-order valence-corrected chi connectivity index (χ0v) is 16.2. The summed E-state index contributed by atoms with van der Waals surface area (Å²) in [6.07, 6.45) is 0.984. The summed E-state index contributed by atoms with van der Waals surface area (Å²) in [5, 5.41) is 7.82. The maximum atomic E-state index is 13.3. The van der Waals surface area contributed by atoms with Crippen LogP contribution in [0.3, 0.4) is 0 Å². The van der Waals surface area contributed by atoms with Crippen LogP contribution in [0.4, 0.5) is 10.2 Å². The standard InChI is InChI=1S/C21H22FN5O/c1-4-23-20-19-17(27(26-20)21-24-12(2)9-13(3)25-21)10-15(11-18(19)28)14-5-7-16(22)8-6-14/h5-9,15H,4,10-11H2,1-3H3,(H,23,26). The molecule has 2 heterocycles. The second-order valence-corrected chi connectivity index (χ2v) is 7.14. The molecule has 0 amide bonds. The van der Waals surface area contributed by atoms with E-state index < -0.39 is 0 Å². The molecule has 6 nitrogen and oxygen atoms in total. The highest BCUT2D eigenvalue weighted by Gasteiger charge is 2.34. The zero-order valence-electron chi connectivity index (χ0n) is 16.2. The van der Waals surface area contributed by atoms with Gasteiger partial charge in [0.2, 0.25) is 0 Å². The summed E-state index contributed by atoms with van der Waals surface area (Å²) in [5.74, 6) is 0.751. The first kappa shape index (κ1) is 18.3. The van der Waals surface area contributed by atoms with E-state index in [0.29, 0.717) is 36.7 Å². The molecule has 1 aliphatic rings. The molecule has 3 aromatic rings. The fraction of sp³-hybridized carbons (Fsp3) is 0.333. The van der Waals surface area contributed by atoms with Gasteiger partial charge in [0.15, 0.2) is 11.6 Å². The Labute approximate surface area is 162 Å². The summed E-state index contributed by atoms with van der Waals surface area (Å²) in [6, 6.07) is 8.26. The molecule has 1 unspecified atom stereocenters. The lowest BCUT2D eigenvalue weighted by Crippen LogP contribution is -2.21. The van der Waals surface area contributed by atoms with Gasteiger partial charge < -0.3 is 5.32 Å². The van der Waals surface area contributed by atoms with Crippen LogP contribution < -0.4 is 5.32 Å². The lowest BCUT2D eigenvalue weighted by Gasteiger charge is -2.23. The Balaban J connectivity index is 1.83. The normalized spacial score (nSPS) is 16.1. The number of rotatable bonds is 4. The van der Waals surface area contributed by atoms with Crippen LogP contribution in [0.5, 0.6) is 0 Å². The lowest BCUT2D eigenvalue weighted by atomic mass is 9.82. The summed E-state index contributed by atoms with van der Waals surface area (Å²) in [6.45, 7) is 6.44. The number of nitrogens with zero attached hydrogens (tertiary/aromatic N) is 4. The summed E-state index contributed by atoms with van der Waals surface area (Å²) < 4.78 is 15.0. The smallest absolute Gasteiger partial charge is 0.251 e. The van der Waals surface area contributed by atoms with E-state index in [1.54, 1.807) is 16.8 Å². The van der Waals surface area contributed by atoms with Crippen LogP contribution in [0.25, 0.3) is 5.95 Å². The molecule has 28 heavy (non-hydrogen) atoms. The van der Waals surface area contributed by atoms with Gasteiger partial charge in [-0.15, -0.1) is 5.10 Å². The molecule has 0 aliphatic heterocycles. The molecule has 1 N–H and O–H groups in total. The molecule has 4 rings (SSSR count). The molecule has 0 saturated heterocycles. The second kappa shape index (κ2) is 7.14. The quantitative estimate of drug-likeness (QED) is 0.747. The Hall–Kier alpha value is -3.09. The second-order valence-electron chi connectivity index (χ2n) is 7.14. The third kappa shape index (κ3) is 3.28. The Kier molecular flexibility index (Phi) is 4.66. The number of carbonyl (C=O) groups is 1. The third-order valence-corrected chi connectivity index (χ3v) is 4.98. The van der Waals surface area contributed by atoms with Crippen molar-refractivity contribution in [3.8, 4) is 5.95 Å². The van der Waals surface area contributed by atoms with Crippen molar-refractivity contribution in [3.63, 3.8) is 0 Å². The highest BCUT2D eigenvalue weighted by atomic mass is 19.1. The van der Waals surface area contributed by atoms with Gasteiger partial charge in [0.25, 0.3) is 5.95 Å². The van der Waals surface area contributed by atoms with E-state index in [2.05, 4.69) is 20.4 Å². The van der Waals surface area contributed by atoms with E-state index in [-0.39, 0.29) is 17.5 Å². The Morgan fingerprint density at radius 2 is 1.82 bits per heavy atom. The largest absolute Gasteiger partial charge is 0.368 e. The SMILES string of the molecule is CCNc1nn(-c2nc(C)cc(C)n2)c2c1C(=O)CC(c1ccc(F)cc1)C2. The Morgan fingerprint density at radius 3 is 2.46 bits per heavy atom. The van der Waals surface area contributed by atoms with Crippen LogP contribution in [0.1, 0.15) is 52.3 Å². The molecule has 0 bridgehead atoms. The van der Waals surface area contributed by atoms with Crippen molar-refractivity contribution in [1.82, 2.24) is 19.7 Å². The van der Waals surface area contributed by atoms with E-state index in [4.69, 9.17) is 0 Å². The molecule has 7 heteroatoms. The summed E-state index contributed by atoms with van der Waals surface area (Å²) in [4.78, 5) is 22.0. The predicted octanol–water partition coefficient (Wildman–Crippen LogP) is 3.76. The minimum Gasteiger partial charge on any atom is -0.368 e. The van der Waals surface area contributed by atoms with Gasteiger partial charge in [-0.05, 0) is 56.9 Å². The molecule has 0 radical (unpaired) electrons. The van der Waals surface area contributed by atoms with Gasteiger partial charge >= 0.3 is 0 Å². The highest BCUT2D eigenvalue weighted by Crippen LogP contribution is 2.36. The zero-order chi connectivity index (χ0) is 19.8. The monoisotopic (exact) mass is 379 g/mol. The fourth-order valence-corrected chi connectivity index (χ4v) is 3.80. The van der Waals surface area contributed by atoms with Crippen molar-refractivity contribution in [2.75, 3.05) is 11.9 Å². The van der Waals surface area contributed by atoms with Crippen molar-refractivity contribution in [1.29, 1.82) is 0 Å². The van der Waals surface area contributed by atoms with E-state index in [0.717, 1.165) is 22.6 Å². The molecule has 2 aromatic heterocycles. The molecule has 0 fully saturated rings. The summed E-state index contributed by atoms with van der Waals surface area (Å²) in [5.41, 5.74) is 4.04. The molecule has 1 atom stereocenters. The molecule has 1 aliphatic carbocycles. The average molecular weight is 379 g/mol. The minimum absolute atomic E-state index is 0.0298. The molecule has 144 valence electrons. The van der Waals surface area contributed by atoms with Crippen LogP contribution >= 0.6 is 0 Å². The number of hydrogen-bond acceptors (Lipinski definition) is 5. The summed E-state index contributed by atoms with van der Waals surface area (Å²) >= 11 is 0. The average Bonchev–Trinajstić information content (AvgIpc) is 3.01. The first-order valence-corrected chi connectivity index (χ1v) is 9.43. The number of ketones is 1. The van der Waals surface area contributed by atoms with Crippen molar-refractivity contribution in [3.05, 3.63) is 64.4 Å². The first-order chi connectivity index (χ1) is 13.5. The topological polar surface area (TPSA) is 72.7 Å². The van der Waals surface area contributed by atoms with E-state index in [1.807, 2.05) is 26.8 Å². The number of aromatic nitrogens is 4. The van der Waals surface area contributed by atoms with E-state index in [9.17, 15) is 9.18 Å². The van der Waals surface area contributed by atoms with Crippen LogP contribution in [0, 0.1) is 19.7 Å². The van der Waals surface area contributed by atoms with Crippen molar-refractivity contribution in [2.24, 2.45) is 0 Å². The number of carbonyl (C=O) groups excluding carboxylic acids is 1. The fourth-order valence-electron chi connectivity index (χ4n) is 3.80. The maximum absolute atomic E-state index is 13.3. The van der Waals surface area contributed by atoms with Gasteiger partial charge in [0.1, 0.15) is 5.82 Å². The number of Topliss-reactive ketones (excluding diaryl/α,β-unsaturated/α-hetero) is 1.